The number of carbonyl (C=O) groups is 1. The quantitative estimate of drug-likeness (QED) is 0.769. The summed E-state index contributed by atoms with van der Waals surface area (Å²) in [6, 6.07) is -0.0783. The van der Waals surface area contributed by atoms with Gasteiger partial charge in [-0.05, 0) is 20.3 Å². The monoisotopic (exact) mass is 225 g/mol. The van der Waals surface area contributed by atoms with E-state index in [1.165, 1.54) is 0 Å². The number of carbonyl (C=O) groups excluding carboxylic acids is 1. The number of amides is 1. The molecule has 0 spiro atoms. The first-order chi connectivity index (χ1) is 7.69. The molecule has 0 aliphatic rings. The minimum Gasteiger partial charge on any atom is -0.369 e. The van der Waals surface area contributed by atoms with Gasteiger partial charge >= 0.3 is 0 Å². The van der Waals surface area contributed by atoms with Gasteiger partial charge in [-0.1, -0.05) is 6.92 Å². The van der Waals surface area contributed by atoms with Crippen LogP contribution in [0.1, 0.15) is 39.1 Å². The normalized spacial score (nSPS) is 14.4. The molecule has 1 aromatic heterocycles. The van der Waals surface area contributed by atoms with Crippen molar-refractivity contribution < 1.29 is 9.53 Å². The van der Waals surface area contributed by atoms with Crippen molar-refractivity contribution in [3.8, 4) is 0 Å². The lowest BCUT2D eigenvalue weighted by atomic mass is 10.2. The Morgan fingerprint density at radius 3 is 2.88 bits per heavy atom. The molecule has 0 bridgehead atoms. The predicted molar refractivity (Wildman–Crippen MR) is 60.9 cm³/mol. The molecule has 0 aromatic carbocycles. The van der Waals surface area contributed by atoms with Gasteiger partial charge in [0, 0.05) is 19.0 Å². The van der Waals surface area contributed by atoms with Gasteiger partial charge in [-0.3, -0.25) is 4.79 Å². The molecule has 16 heavy (non-hydrogen) atoms. The molecule has 1 aromatic rings. The van der Waals surface area contributed by atoms with Crippen molar-refractivity contribution in [1.29, 1.82) is 0 Å². The number of rotatable bonds is 6. The Hall–Kier alpha value is -1.36. The summed E-state index contributed by atoms with van der Waals surface area (Å²) in [5.41, 5.74) is 0. The summed E-state index contributed by atoms with van der Waals surface area (Å²) < 4.78 is 5.22. The molecule has 0 aliphatic heterocycles. The van der Waals surface area contributed by atoms with Crippen LogP contribution in [0.4, 0.5) is 0 Å². The summed E-state index contributed by atoms with van der Waals surface area (Å²) in [7, 11) is 0. The molecule has 90 valence electrons. The maximum Gasteiger partial charge on any atom is 0.249 e. The molecule has 0 aliphatic carbocycles. The maximum atomic E-state index is 11.7. The third-order valence-electron chi connectivity index (χ3n) is 2.36. The molecule has 5 nitrogen and oxygen atoms in total. The minimum atomic E-state index is -0.422. The van der Waals surface area contributed by atoms with Crippen LogP contribution in [-0.4, -0.2) is 28.6 Å². The van der Waals surface area contributed by atoms with Crippen LogP contribution in [0.25, 0.3) is 0 Å². The molecular weight excluding hydrogens is 206 g/mol. The first-order valence-corrected chi connectivity index (χ1v) is 5.60. The fourth-order valence-electron chi connectivity index (χ4n) is 1.45. The molecule has 5 heteroatoms. The fraction of sp³-hybridized carbons (Fsp3) is 0.636. The van der Waals surface area contributed by atoms with E-state index in [0.29, 0.717) is 6.61 Å². The van der Waals surface area contributed by atoms with Crippen LogP contribution in [0, 0.1) is 0 Å². The average molecular weight is 225 g/mol. The number of ether oxygens (including phenoxy) is 1. The highest BCUT2D eigenvalue weighted by atomic mass is 16.5. The van der Waals surface area contributed by atoms with Gasteiger partial charge in [-0.15, -0.1) is 0 Å². The zero-order valence-electron chi connectivity index (χ0n) is 9.99. The fourth-order valence-corrected chi connectivity index (χ4v) is 1.45. The number of aromatic nitrogens is 2. The number of hydrogen-bond acceptors (Lipinski definition) is 3. The topological polar surface area (TPSA) is 67.0 Å². The van der Waals surface area contributed by atoms with Crippen molar-refractivity contribution in [3.63, 3.8) is 0 Å². The van der Waals surface area contributed by atoms with Crippen LogP contribution in [0.5, 0.6) is 0 Å². The Morgan fingerprint density at radius 2 is 2.38 bits per heavy atom. The van der Waals surface area contributed by atoms with E-state index in [4.69, 9.17) is 4.74 Å². The molecule has 2 atom stereocenters. The van der Waals surface area contributed by atoms with E-state index in [0.717, 1.165) is 12.2 Å². The van der Waals surface area contributed by atoms with Gasteiger partial charge in [0.05, 0.1) is 6.04 Å². The third-order valence-corrected chi connectivity index (χ3v) is 2.36. The summed E-state index contributed by atoms with van der Waals surface area (Å²) in [5.74, 6) is 0.671. The Labute approximate surface area is 95.6 Å². The smallest absolute Gasteiger partial charge is 0.249 e. The van der Waals surface area contributed by atoms with Crippen LogP contribution in [0.2, 0.25) is 0 Å². The van der Waals surface area contributed by atoms with E-state index in [1.54, 1.807) is 19.3 Å². The Bertz CT molecular complexity index is 311. The van der Waals surface area contributed by atoms with Crippen LogP contribution >= 0.6 is 0 Å². The predicted octanol–water partition coefficient (Wildman–Crippen LogP) is 1.40. The SMILES string of the molecule is CCO[C@H](C)C(=O)N[C@@H](CC)c1ncc[nH]1. The van der Waals surface area contributed by atoms with Gasteiger partial charge in [0.25, 0.3) is 0 Å². The molecule has 1 heterocycles. The van der Waals surface area contributed by atoms with Crippen LogP contribution in [0.15, 0.2) is 12.4 Å². The minimum absolute atomic E-state index is 0.0783. The first kappa shape index (κ1) is 12.7. The van der Waals surface area contributed by atoms with Gasteiger partial charge in [-0.2, -0.15) is 0 Å². The largest absolute Gasteiger partial charge is 0.369 e. The van der Waals surface area contributed by atoms with Crippen LogP contribution < -0.4 is 5.32 Å². The zero-order chi connectivity index (χ0) is 12.0. The van der Waals surface area contributed by atoms with Crippen molar-refractivity contribution in [2.24, 2.45) is 0 Å². The van der Waals surface area contributed by atoms with Crippen molar-refractivity contribution in [1.82, 2.24) is 15.3 Å². The van der Waals surface area contributed by atoms with E-state index in [1.807, 2.05) is 13.8 Å². The summed E-state index contributed by atoms with van der Waals surface area (Å²) in [6.45, 7) is 6.15. The zero-order valence-corrected chi connectivity index (χ0v) is 9.99. The van der Waals surface area contributed by atoms with Gasteiger partial charge in [0.2, 0.25) is 5.91 Å². The van der Waals surface area contributed by atoms with Gasteiger partial charge < -0.3 is 15.0 Å². The van der Waals surface area contributed by atoms with Gasteiger partial charge in [0.15, 0.2) is 0 Å². The highest BCUT2D eigenvalue weighted by Gasteiger charge is 2.19. The Morgan fingerprint density at radius 1 is 1.62 bits per heavy atom. The van der Waals surface area contributed by atoms with E-state index < -0.39 is 6.10 Å². The number of hydrogen-bond donors (Lipinski definition) is 2. The molecular formula is C11H19N3O2. The number of H-pyrrole nitrogens is 1. The second-order valence-corrected chi connectivity index (χ2v) is 3.54. The molecule has 0 radical (unpaired) electrons. The van der Waals surface area contributed by atoms with Crippen molar-refractivity contribution in [2.45, 2.75) is 39.3 Å². The second kappa shape index (κ2) is 6.27. The number of nitrogens with zero attached hydrogens (tertiary/aromatic N) is 1. The van der Waals surface area contributed by atoms with E-state index in [2.05, 4.69) is 15.3 Å². The van der Waals surface area contributed by atoms with Crippen LogP contribution in [-0.2, 0) is 9.53 Å². The van der Waals surface area contributed by atoms with E-state index >= 15 is 0 Å². The molecule has 1 rings (SSSR count). The lowest BCUT2D eigenvalue weighted by Crippen LogP contribution is -2.37. The summed E-state index contributed by atoms with van der Waals surface area (Å²) in [4.78, 5) is 18.9. The molecule has 0 fully saturated rings. The molecule has 0 saturated heterocycles. The number of imidazole rings is 1. The summed E-state index contributed by atoms with van der Waals surface area (Å²) >= 11 is 0. The maximum absolute atomic E-state index is 11.7. The molecule has 0 unspecified atom stereocenters. The average Bonchev–Trinajstić information content (AvgIpc) is 2.79. The van der Waals surface area contributed by atoms with Gasteiger partial charge in [0.1, 0.15) is 11.9 Å². The lowest BCUT2D eigenvalue weighted by molar-refractivity contribution is -0.132. The summed E-state index contributed by atoms with van der Waals surface area (Å²) in [6.07, 6.45) is 3.79. The number of nitrogens with one attached hydrogen (secondary N) is 2. The van der Waals surface area contributed by atoms with Crippen LogP contribution in [0.3, 0.4) is 0 Å². The summed E-state index contributed by atoms with van der Waals surface area (Å²) in [5, 5.41) is 2.90. The van der Waals surface area contributed by atoms with Crippen molar-refractivity contribution >= 4 is 5.91 Å². The molecule has 2 N–H and O–H groups in total. The Balaban J connectivity index is 2.54. The van der Waals surface area contributed by atoms with E-state index in [9.17, 15) is 4.79 Å². The Kier molecular flexibility index (Phi) is 4.98. The highest BCUT2D eigenvalue weighted by Crippen LogP contribution is 2.11. The van der Waals surface area contributed by atoms with E-state index in [-0.39, 0.29) is 11.9 Å². The highest BCUT2D eigenvalue weighted by molar-refractivity contribution is 5.80. The van der Waals surface area contributed by atoms with Crippen molar-refractivity contribution in [2.75, 3.05) is 6.61 Å². The number of aromatic amines is 1. The lowest BCUT2D eigenvalue weighted by Gasteiger charge is -2.18. The molecule has 1 amide bonds. The van der Waals surface area contributed by atoms with Crippen molar-refractivity contribution in [3.05, 3.63) is 18.2 Å². The first-order valence-electron chi connectivity index (χ1n) is 5.60. The second-order valence-electron chi connectivity index (χ2n) is 3.54. The molecule has 0 saturated carbocycles. The third kappa shape index (κ3) is 3.34. The standard InChI is InChI=1S/C11H19N3O2/c1-4-9(10-12-6-7-13-10)14-11(15)8(3)16-5-2/h6-9H,4-5H2,1-3H3,(H,12,13)(H,14,15)/t8-,9+/m1/s1. The van der Waals surface area contributed by atoms with Gasteiger partial charge in [-0.25, -0.2) is 4.98 Å².